The lowest BCUT2D eigenvalue weighted by molar-refractivity contribution is -0.126. The number of imide groups is 1. The molecule has 3 unspecified atom stereocenters. The molecular weight excluding hydrogens is 396 g/mol. The number of allylic oxidation sites excluding steroid dienone is 1. The predicted octanol–water partition coefficient (Wildman–Crippen LogP) is 0.631. The monoisotopic (exact) mass is 426 g/mol. The highest BCUT2D eigenvalue weighted by molar-refractivity contribution is 7.90. The van der Waals surface area contributed by atoms with Crippen molar-refractivity contribution in [2.75, 3.05) is 19.6 Å². The van der Waals surface area contributed by atoms with Gasteiger partial charge < -0.3 is 10.6 Å². The molecule has 0 spiro atoms. The van der Waals surface area contributed by atoms with Crippen LogP contribution in [0.2, 0.25) is 0 Å². The Morgan fingerprint density at radius 1 is 1.28 bits per heavy atom. The predicted molar refractivity (Wildman–Crippen MR) is 107 cm³/mol. The number of hydrogen-bond acceptors (Lipinski definition) is 5. The van der Waals surface area contributed by atoms with Crippen LogP contribution < -0.4 is 16.0 Å². The van der Waals surface area contributed by atoms with Crippen LogP contribution in [0.1, 0.15) is 51.9 Å². The molecule has 2 fully saturated rings. The molecule has 29 heavy (non-hydrogen) atoms. The van der Waals surface area contributed by atoms with E-state index in [1.165, 1.54) is 29.6 Å². The molecule has 3 atom stereocenters. The molecule has 0 radical (unpaired) electrons. The number of carbonyl (C=O) groups excluding carboxylic acids is 3. The smallest absolute Gasteiger partial charge is 0.321 e. The average Bonchev–Trinajstić information content (AvgIpc) is 2.68. The Hall–Kier alpha value is -1.94. The number of hydrogen-bond donors (Lipinski definition) is 3. The minimum absolute atomic E-state index is 0.0569. The van der Waals surface area contributed by atoms with Gasteiger partial charge in [-0.05, 0) is 51.9 Å². The first-order chi connectivity index (χ1) is 13.8. The first-order valence-corrected chi connectivity index (χ1v) is 11.9. The van der Waals surface area contributed by atoms with Gasteiger partial charge in [-0.3, -0.25) is 14.9 Å². The molecule has 0 bridgehead atoms. The second-order valence-electron chi connectivity index (χ2n) is 8.06. The molecule has 4 amide bonds. The number of urea groups is 1. The lowest BCUT2D eigenvalue weighted by atomic mass is 9.96. The summed E-state index contributed by atoms with van der Waals surface area (Å²) in [6.45, 7) is 2.37. The second kappa shape index (κ2) is 9.25. The molecule has 2 heterocycles. The minimum atomic E-state index is -3.99. The maximum atomic E-state index is 13.0. The highest BCUT2D eigenvalue weighted by Crippen LogP contribution is 2.24. The highest BCUT2D eigenvalue weighted by Gasteiger charge is 2.46. The van der Waals surface area contributed by atoms with E-state index in [0.29, 0.717) is 19.4 Å². The molecule has 0 aromatic heterocycles. The van der Waals surface area contributed by atoms with Crippen molar-refractivity contribution < 1.29 is 22.8 Å². The quantitative estimate of drug-likeness (QED) is 0.538. The van der Waals surface area contributed by atoms with Crippen LogP contribution in [0.4, 0.5) is 4.79 Å². The first-order valence-electron chi connectivity index (χ1n) is 10.3. The third kappa shape index (κ3) is 5.16. The molecule has 162 valence electrons. The topological polar surface area (TPSA) is 125 Å². The summed E-state index contributed by atoms with van der Waals surface area (Å²) >= 11 is 0. The summed E-state index contributed by atoms with van der Waals surface area (Å²) in [5, 5.41) is 6.00. The van der Waals surface area contributed by atoms with E-state index in [1.54, 1.807) is 0 Å². The molecule has 3 aliphatic rings. The fourth-order valence-corrected chi connectivity index (χ4v) is 6.30. The van der Waals surface area contributed by atoms with Crippen LogP contribution in [0.5, 0.6) is 0 Å². The number of nitrogens with one attached hydrogen (secondary N) is 3. The fraction of sp³-hybridized carbons (Fsp3) is 0.737. The van der Waals surface area contributed by atoms with Gasteiger partial charge in [0.25, 0.3) is 0 Å². The highest BCUT2D eigenvalue weighted by atomic mass is 32.2. The lowest BCUT2D eigenvalue weighted by Crippen LogP contribution is -2.65. The van der Waals surface area contributed by atoms with Crippen LogP contribution in [-0.2, 0) is 19.6 Å². The SMILES string of the molecule is CC1NC(=O)NC(=O)C1S(=O)(=O)N1CCCC(C(=O)NCCC2=CCCCC2)C1. The minimum Gasteiger partial charge on any atom is -0.356 e. The van der Waals surface area contributed by atoms with E-state index in [0.717, 1.165) is 19.3 Å². The zero-order valence-corrected chi connectivity index (χ0v) is 17.6. The Morgan fingerprint density at radius 2 is 2.07 bits per heavy atom. The van der Waals surface area contributed by atoms with Crippen molar-refractivity contribution in [1.82, 2.24) is 20.3 Å². The van der Waals surface area contributed by atoms with Crippen molar-refractivity contribution in [3.05, 3.63) is 11.6 Å². The molecule has 1 aliphatic carbocycles. The van der Waals surface area contributed by atoms with E-state index >= 15 is 0 Å². The van der Waals surface area contributed by atoms with Gasteiger partial charge in [-0.1, -0.05) is 11.6 Å². The van der Waals surface area contributed by atoms with Crippen LogP contribution >= 0.6 is 0 Å². The van der Waals surface area contributed by atoms with E-state index in [-0.39, 0.29) is 19.0 Å². The first kappa shape index (κ1) is 21.8. The molecule has 9 nitrogen and oxygen atoms in total. The molecule has 0 aromatic rings. The zero-order valence-electron chi connectivity index (χ0n) is 16.8. The Morgan fingerprint density at radius 3 is 2.76 bits per heavy atom. The third-order valence-electron chi connectivity index (χ3n) is 5.87. The largest absolute Gasteiger partial charge is 0.356 e. The van der Waals surface area contributed by atoms with Crippen molar-refractivity contribution in [3.8, 4) is 0 Å². The Kier molecular flexibility index (Phi) is 6.94. The third-order valence-corrected chi connectivity index (χ3v) is 8.19. The summed E-state index contributed by atoms with van der Waals surface area (Å²) in [5.41, 5.74) is 1.38. The number of sulfonamides is 1. The van der Waals surface area contributed by atoms with Gasteiger partial charge in [-0.2, -0.15) is 0 Å². The fourth-order valence-electron chi connectivity index (χ4n) is 4.29. The Labute approximate surface area is 171 Å². The number of carbonyl (C=O) groups is 3. The van der Waals surface area contributed by atoms with E-state index in [1.807, 2.05) is 5.32 Å². The summed E-state index contributed by atoms with van der Waals surface area (Å²) in [5.74, 6) is -1.40. The van der Waals surface area contributed by atoms with Crippen LogP contribution in [0.25, 0.3) is 0 Å². The maximum Gasteiger partial charge on any atom is 0.321 e. The van der Waals surface area contributed by atoms with Crippen LogP contribution in [-0.4, -0.2) is 61.5 Å². The van der Waals surface area contributed by atoms with Gasteiger partial charge in [0.15, 0.2) is 5.25 Å². The van der Waals surface area contributed by atoms with Crippen molar-refractivity contribution >= 4 is 27.9 Å². The molecule has 2 saturated heterocycles. The molecule has 10 heteroatoms. The van der Waals surface area contributed by atoms with Gasteiger partial charge in [0.2, 0.25) is 21.8 Å². The Balaban J connectivity index is 1.57. The summed E-state index contributed by atoms with van der Waals surface area (Å²) in [6.07, 6.45) is 8.86. The average molecular weight is 427 g/mol. The molecule has 0 aromatic carbocycles. The van der Waals surface area contributed by atoms with Crippen LogP contribution in [0.15, 0.2) is 11.6 Å². The summed E-state index contributed by atoms with van der Waals surface area (Å²) in [6, 6.07) is -1.53. The number of nitrogens with zero attached hydrogens (tertiary/aromatic N) is 1. The number of piperidine rings is 1. The van der Waals surface area contributed by atoms with Gasteiger partial charge in [-0.25, -0.2) is 17.5 Å². The molecule has 0 saturated carbocycles. The van der Waals surface area contributed by atoms with E-state index in [2.05, 4.69) is 16.7 Å². The molecule has 3 N–H and O–H groups in total. The van der Waals surface area contributed by atoms with Crippen molar-refractivity contribution in [2.45, 2.75) is 63.2 Å². The summed E-state index contributed by atoms with van der Waals surface area (Å²) in [7, 11) is -3.99. The van der Waals surface area contributed by atoms with Gasteiger partial charge in [0.05, 0.1) is 12.0 Å². The lowest BCUT2D eigenvalue weighted by Gasteiger charge is -2.36. The standard InChI is InChI=1S/C19H30N4O5S/c1-13-16(18(25)22-19(26)21-13)29(27,28)23-11-5-8-15(12-23)17(24)20-10-9-14-6-3-2-4-7-14/h6,13,15-16H,2-5,7-12H2,1H3,(H,20,24)(H2,21,22,25,26). The number of rotatable bonds is 6. The van der Waals surface area contributed by atoms with Crippen molar-refractivity contribution in [2.24, 2.45) is 5.92 Å². The molecule has 2 aliphatic heterocycles. The normalized spacial score (nSPS) is 28.9. The van der Waals surface area contributed by atoms with Crippen LogP contribution in [0.3, 0.4) is 0 Å². The zero-order chi connectivity index (χ0) is 21.0. The van der Waals surface area contributed by atoms with Gasteiger partial charge in [-0.15, -0.1) is 0 Å². The maximum absolute atomic E-state index is 13.0. The summed E-state index contributed by atoms with van der Waals surface area (Å²) in [4.78, 5) is 36.1. The van der Waals surface area contributed by atoms with Crippen molar-refractivity contribution in [1.29, 1.82) is 0 Å². The molecule has 3 rings (SSSR count). The summed E-state index contributed by atoms with van der Waals surface area (Å²) < 4.78 is 27.3. The van der Waals surface area contributed by atoms with E-state index < -0.39 is 39.2 Å². The Bertz CT molecular complexity index is 794. The van der Waals surface area contributed by atoms with Crippen molar-refractivity contribution in [3.63, 3.8) is 0 Å². The van der Waals surface area contributed by atoms with E-state index in [9.17, 15) is 22.8 Å². The second-order valence-corrected chi connectivity index (χ2v) is 10.1. The van der Waals surface area contributed by atoms with Gasteiger partial charge in [0, 0.05) is 19.6 Å². The van der Waals surface area contributed by atoms with Crippen LogP contribution in [0, 0.1) is 5.92 Å². The van der Waals surface area contributed by atoms with Gasteiger partial charge >= 0.3 is 6.03 Å². The number of amides is 4. The van der Waals surface area contributed by atoms with Gasteiger partial charge in [0.1, 0.15) is 0 Å². The molecular formula is C19H30N4O5S. The van der Waals surface area contributed by atoms with E-state index in [4.69, 9.17) is 0 Å².